The van der Waals surface area contributed by atoms with Gasteiger partial charge in [-0.1, -0.05) is 37.1 Å². The third-order valence-corrected chi connectivity index (χ3v) is 5.78. The predicted octanol–water partition coefficient (Wildman–Crippen LogP) is 5.94. The molecule has 1 amide bonds. The van der Waals surface area contributed by atoms with Crippen LogP contribution in [-0.2, 0) is 0 Å². The molecule has 4 aromatic rings. The van der Waals surface area contributed by atoms with Crippen molar-refractivity contribution in [3.63, 3.8) is 0 Å². The number of halogens is 1. The summed E-state index contributed by atoms with van der Waals surface area (Å²) in [5.74, 6) is 1.08. The molecular weight excluding hydrogens is 448 g/mol. The molecule has 0 saturated carbocycles. The summed E-state index contributed by atoms with van der Waals surface area (Å²) in [6, 6.07) is 12.6. The molecule has 0 bridgehead atoms. The van der Waals surface area contributed by atoms with Crippen LogP contribution in [-0.4, -0.2) is 33.7 Å². The molecule has 0 fully saturated rings. The van der Waals surface area contributed by atoms with E-state index in [2.05, 4.69) is 22.3 Å². The number of aromatic nitrogens is 3. The van der Waals surface area contributed by atoms with E-state index in [0.29, 0.717) is 40.3 Å². The third kappa shape index (κ3) is 4.87. The fourth-order valence-electron chi connectivity index (χ4n) is 3.09. The number of amides is 1. The Labute approximate surface area is 195 Å². The zero-order valence-corrected chi connectivity index (χ0v) is 19.4. The van der Waals surface area contributed by atoms with Crippen LogP contribution in [0.15, 0.2) is 47.8 Å². The van der Waals surface area contributed by atoms with Crippen LogP contribution in [0.4, 0.5) is 5.95 Å². The zero-order chi connectivity index (χ0) is 22.5. The number of unbranched alkanes of at least 4 members (excludes halogenated alkanes) is 1. The minimum atomic E-state index is -0.322. The van der Waals surface area contributed by atoms with Crippen molar-refractivity contribution in [3.8, 4) is 22.8 Å². The molecule has 2 aromatic heterocycles. The number of rotatable bonds is 9. The lowest BCUT2D eigenvalue weighted by molar-refractivity contribution is 0.102. The van der Waals surface area contributed by atoms with E-state index < -0.39 is 0 Å². The Bertz CT molecular complexity index is 1220. The summed E-state index contributed by atoms with van der Waals surface area (Å²) in [5.41, 5.74) is 2.28. The Morgan fingerprint density at radius 2 is 1.94 bits per heavy atom. The number of fused-ring (bicyclic) bond motifs is 1. The lowest BCUT2D eigenvalue weighted by Crippen LogP contribution is -2.13. The highest BCUT2D eigenvalue weighted by Gasteiger charge is 2.16. The summed E-state index contributed by atoms with van der Waals surface area (Å²) >= 11 is 7.43. The van der Waals surface area contributed by atoms with Crippen molar-refractivity contribution in [2.45, 2.75) is 26.7 Å². The average Bonchev–Trinajstić information content (AvgIpc) is 3.36. The topological polar surface area (TPSA) is 77.8 Å². The normalized spacial score (nSPS) is 11.0. The van der Waals surface area contributed by atoms with Gasteiger partial charge in [-0.05, 0) is 43.7 Å². The van der Waals surface area contributed by atoms with Gasteiger partial charge >= 0.3 is 0 Å². The van der Waals surface area contributed by atoms with E-state index in [0.717, 1.165) is 24.1 Å². The number of nitrogens with zero attached hydrogens (tertiary/aromatic N) is 3. The number of hydrogen-bond acceptors (Lipinski definition) is 6. The van der Waals surface area contributed by atoms with Crippen molar-refractivity contribution in [1.82, 2.24) is 14.6 Å². The van der Waals surface area contributed by atoms with Gasteiger partial charge in [0.1, 0.15) is 0 Å². The maximum absolute atomic E-state index is 12.8. The van der Waals surface area contributed by atoms with Gasteiger partial charge in [-0.3, -0.25) is 10.1 Å². The Morgan fingerprint density at radius 1 is 1.12 bits per heavy atom. The van der Waals surface area contributed by atoms with E-state index in [1.54, 1.807) is 22.7 Å². The number of carbonyl (C=O) groups is 1. The van der Waals surface area contributed by atoms with Gasteiger partial charge in [0.25, 0.3) is 11.9 Å². The Kier molecular flexibility index (Phi) is 6.92. The number of benzene rings is 2. The fourth-order valence-corrected chi connectivity index (χ4v) is 4.05. The van der Waals surface area contributed by atoms with E-state index in [4.69, 9.17) is 21.1 Å². The summed E-state index contributed by atoms with van der Waals surface area (Å²) < 4.78 is 13.2. The van der Waals surface area contributed by atoms with E-state index in [-0.39, 0.29) is 11.9 Å². The number of carbonyl (C=O) groups excluding carboxylic acids is 1. The fraction of sp³-hybridized carbons (Fsp3) is 0.261. The lowest BCUT2D eigenvalue weighted by Gasteiger charge is -2.13. The molecule has 4 rings (SSSR count). The second-order valence-electron chi connectivity index (χ2n) is 7.01. The minimum Gasteiger partial charge on any atom is -0.490 e. The van der Waals surface area contributed by atoms with Crippen molar-refractivity contribution in [2.24, 2.45) is 0 Å². The molecule has 2 aromatic carbocycles. The first-order valence-corrected chi connectivity index (χ1v) is 11.7. The highest BCUT2D eigenvalue weighted by atomic mass is 35.5. The molecule has 166 valence electrons. The monoisotopic (exact) mass is 470 g/mol. The minimum absolute atomic E-state index is 0.235. The summed E-state index contributed by atoms with van der Waals surface area (Å²) in [5, 5.41) is 9.86. The molecule has 0 radical (unpaired) electrons. The van der Waals surface area contributed by atoms with E-state index in [1.165, 1.54) is 11.3 Å². The van der Waals surface area contributed by atoms with Crippen LogP contribution in [0.25, 0.3) is 16.2 Å². The highest BCUT2D eigenvalue weighted by molar-refractivity contribution is 7.15. The van der Waals surface area contributed by atoms with Crippen molar-refractivity contribution in [3.05, 3.63) is 58.4 Å². The molecule has 0 atom stereocenters. The number of hydrogen-bond donors (Lipinski definition) is 1. The summed E-state index contributed by atoms with van der Waals surface area (Å²) in [6.07, 6.45) is 1.99. The first-order valence-electron chi connectivity index (χ1n) is 10.4. The quantitative estimate of drug-likeness (QED) is 0.306. The van der Waals surface area contributed by atoms with E-state index in [1.807, 2.05) is 36.6 Å². The standard InChI is InChI=1S/C23H23ClN4O3S/c1-3-5-12-31-19-11-8-16(13-20(19)30-4-2)21(29)25-22-26-23-28(27-22)18(14-32-23)15-6-9-17(24)10-7-15/h6-11,13-14H,3-5,12H2,1-2H3,(H,25,27,29). The van der Waals surface area contributed by atoms with Gasteiger partial charge in [0.15, 0.2) is 11.5 Å². The summed E-state index contributed by atoms with van der Waals surface area (Å²) in [4.78, 5) is 17.9. The van der Waals surface area contributed by atoms with Crippen molar-refractivity contribution < 1.29 is 14.3 Å². The summed E-state index contributed by atoms with van der Waals surface area (Å²) in [6.45, 7) is 5.07. The van der Waals surface area contributed by atoms with Crippen LogP contribution >= 0.6 is 22.9 Å². The maximum Gasteiger partial charge on any atom is 0.258 e. The number of ether oxygens (including phenoxy) is 2. The lowest BCUT2D eigenvalue weighted by atomic mass is 10.2. The third-order valence-electron chi connectivity index (χ3n) is 4.71. The SMILES string of the molecule is CCCCOc1ccc(C(=O)Nc2nc3scc(-c4ccc(Cl)cc4)n3n2)cc1OCC. The molecule has 0 spiro atoms. The van der Waals surface area contributed by atoms with Gasteiger partial charge in [0.2, 0.25) is 4.96 Å². The van der Waals surface area contributed by atoms with Crippen molar-refractivity contribution in [1.29, 1.82) is 0 Å². The molecule has 1 N–H and O–H groups in total. The molecule has 7 nitrogen and oxygen atoms in total. The van der Waals surface area contributed by atoms with Gasteiger partial charge in [-0.15, -0.1) is 16.4 Å². The molecule has 2 heterocycles. The van der Waals surface area contributed by atoms with E-state index >= 15 is 0 Å². The van der Waals surface area contributed by atoms with Crippen LogP contribution < -0.4 is 14.8 Å². The van der Waals surface area contributed by atoms with Crippen LogP contribution in [0.3, 0.4) is 0 Å². The second kappa shape index (κ2) is 10.0. The van der Waals surface area contributed by atoms with Gasteiger partial charge in [0, 0.05) is 21.5 Å². The first-order chi connectivity index (χ1) is 15.6. The molecule has 0 aliphatic carbocycles. The molecular formula is C23H23ClN4O3S. The Balaban J connectivity index is 1.53. The Hall–Kier alpha value is -3.10. The molecule has 0 unspecified atom stereocenters. The summed E-state index contributed by atoms with van der Waals surface area (Å²) in [7, 11) is 0. The van der Waals surface area contributed by atoms with Crippen molar-refractivity contribution >= 4 is 39.8 Å². The molecule has 0 saturated heterocycles. The Morgan fingerprint density at radius 3 is 2.69 bits per heavy atom. The van der Waals surface area contributed by atoms with Gasteiger partial charge in [-0.2, -0.15) is 4.98 Å². The van der Waals surface area contributed by atoms with Crippen LogP contribution in [0.5, 0.6) is 11.5 Å². The van der Waals surface area contributed by atoms with Crippen molar-refractivity contribution in [2.75, 3.05) is 18.5 Å². The van der Waals surface area contributed by atoms with Crippen LogP contribution in [0.1, 0.15) is 37.0 Å². The van der Waals surface area contributed by atoms with Gasteiger partial charge in [0.05, 0.1) is 18.9 Å². The van der Waals surface area contributed by atoms with Gasteiger partial charge in [-0.25, -0.2) is 4.52 Å². The molecule has 0 aliphatic rings. The number of thiazole rings is 1. The molecule has 32 heavy (non-hydrogen) atoms. The maximum atomic E-state index is 12.8. The van der Waals surface area contributed by atoms with Crippen LogP contribution in [0, 0.1) is 0 Å². The second-order valence-corrected chi connectivity index (χ2v) is 8.28. The smallest absolute Gasteiger partial charge is 0.258 e. The zero-order valence-electron chi connectivity index (χ0n) is 17.8. The molecule has 0 aliphatic heterocycles. The number of nitrogens with one attached hydrogen (secondary N) is 1. The first kappa shape index (κ1) is 22.1. The predicted molar refractivity (Wildman–Crippen MR) is 127 cm³/mol. The van der Waals surface area contributed by atoms with E-state index in [9.17, 15) is 4.79 Å². The van der Waals surface area contributed by atoms with Crippen LogP contribution in [0.2, 0.25) is 5.02 Å². The van der Waals surface area contributed by atoms with Gasteiger partial charge < -0.3 is 9.47 Å². The highest BCUT2D eigenvalue weighted by Crippen LogP contribution is 2.30. The largest absolute Gasteiger partial charge is 0.490 e. The average molecular weight is 471 g/mol. The molecule has 9 heteroatoms. The number of anilines is 1.